The van der Waals surface area contributed by atoms with Gasteiger partial charge in [-0.2, -0.15) is 5.26 Å². The second kappa shape index (κ2) is 8.28. The largest absolute Gasteiger partial charge is 0.352 e. The fourth-order valence-corrected chi connectivity index (χ4v) is 1.57. The predicted octanol–water partition coefficient (Wildman–Crippen LogP) is 2.62. The van der Waals surface area contributed by atoms with Crippen LogP contribution in [0.1, 0.15) is 52.9 Å². The Morgan fingerprint density at radius 1 is 1.27 bits per heavy atom. The van der Waals surface area contributed by atoms with Crippen LogP contribution in [0.2, 0.25) is 0 Å². The number of nitrogens with one attached hydrogen (secondary N) is 1. The second-order valence-corrected chi connectivity index (χ2v) is 3.87. The van der Waals surface area contributed by atoms with Crippen molar-refractivity contribution in [3.63, 3.8) is 0 Å². The topological polar surface area (TPSA) is 52.9 Å². The van der Waals surface area contributed by atoms with E-state index in [-0.39, 0.29) is 11.9 Å². The molecule has 0 saturated heterocycles. The lowest BCUT2D eigenvalue weighted by molar-refractivity contribution is -0.124. The minimum atomic E-state index is -0.471. The zero-order valence-corrected chi connectivity index (χ0v) is 10.0. The van der Waals surface area contributed by atoms with E-state index < -0.39 is 5.92 Å². The van der Waals surface area contributed by atoms with E-state index in [0.29, 0.717) is 6.42 Å². The molecule has 15 heavy (non-hydrogen) atoms. The van der Waals surface area contributed by atoms with E-state index in [4.69, 9.17) is 5.26 Å². The Morgan fingerprint density at radius 3 is 2.27 bits per heavy atom. The zero-order chi connectivity index (χ0) is 11.7. The second-order valence-electron chi connectivity index (χ2n) is 3.87. The predicted molar refractivity (Wildman–Crippen MR) is 61.1 cm³/mol. The molecule has 1 N–H and O–H groups in total. The summed E-state index contributed by atoms with van der Waals surface area (Å²) < 4.78 is 0. The van der Waals surface area contributed by atoms with Crippen LogP contribution in [0.3, 0.4) is 0 Å². The van der Waals surface area contributed by atoms with Gasteiger partial charge in [0, 0.05) is 6.04 Å². The maximum Gasteiger partial charge on any atom is 0.237 e. The van der Waals surface area contributed by atoms with E-state index in [0.717, 1.165) is 25.7 Å². The average Bonchev–Trinajstić information content (AvgIpc) is 2.24. The van der Waals surface area contributed by atoms with Gasteiger partial charge in [0.1, 0.15) is 5.92 Å². The Morgan fingerprint density at radius 2 is 1.87 bits per heavy atom. The van der Waals surface area contributed by atoms with Crippen molar-refractivity contribution in [3.05, 3.63) is 0 Å². The SMILES string of the molecule is CCCC(CC)NC(=O)C(C#N)CCC. The third-order valence-electron chi connectivity index (χ3n) is 2.53. The molecule has 0 aromatic rings. The molecule has 3 nitrogen and oxygen atoms in total. The van der Waals surface area contributed by atoms with Gasteiger partial charge in [0.25, 0.3) is 0 Å². The fourth-order valence-electron chi connectivity index (χ4n) is 1.57. The maximum absolute atomic E-state index is 11.7. The number of nitrogens with zero attached hydrogens (tertiary/aromatic N) is 1. The van der Waals surface area contributed by atoms with Gasteiger partial charge in [-0.1, -0.05) is 33.6 Å². The highest BCUT2D eigenvalue weighted by Crippen LogP contribution is 2.07. The normalized spacial score (nSPS) is 14.0. The minimum Gasteiger partial charge on any atom is -0.352 e. The summed E-state index contributed by atoms with van der Waals surface area (Å²) in [6.45, 7) is 6.14. The molecule has 0 bridgehead atoms. The van der Waals surface area contributed by atoms with Crippen LogP contribution in [0.4, 0.5) is 0 Å². The first-order valence-corrected chi connectivity index (χ1v) is 5.89. The van der Waals surface area contributed by atoms with Crippen LogP contribution in [-0.2, 0) is 4.79 Å². The van der Waals surface area contributed by atoms with Crippen LogP contribution in [0.5, 0.6) is 0 Å². The summed E-state index contributed by atoms with van der Waals surface area (Å²) in [6, 6.07) is 2.29. The van der Waals surface area contributed by atoms with Gasteiger partial charge in [-0.25, -0.2) is 0 Å². The summed E-state index contributed by atoms with van der Waals surface area (Å²) in [5.41, 5.74) is 0. The summed E-state index contributed by atoms with van der Waals surface area (Å²) >= 11 is 0. The molecule has 1 amide bonds. The Hall–Kier alpha value is -1.04. The molecule has 0 aliphatic heterocycles. The van der Waals surface area contributed by atoms with E-state index >= 15 is 0 Å². The molecule has 0 fully saturated rings. The van der Waals surface area contributed by atoms with Crippen molar-refractivity contribution in [2.24, 2.45) is 5.92 Å². The fraction of sp³-hybridized carbons (Fsp3) is 0.833. The number of hydrogen-bond acceptors (Lipinski definition) is 2. The van der Waals surface area contributed by atoms with Crippen LogP contribution in [-0.4, -0.2) is 11.9 Å². The maximum atomic E-state index is 11.7. The first-order chi connectivity index (χ1) is 7.19. The Kier molecular flexibility index (Phi) is 7.71. The number of hydrogen-bond donors (Lipinski definition) is 1. The van der Waals surface area contributed by atoms with Crippen molar-refractivity contribution in [1.29, 1.82) is 5.26 Å². The summed E-state index contributed by atoms with van der Waals surface area (Å²) in [5, 5.41) is 11.8. The van der Waals surface area contributed by atoms with Gasteiger partial charge in [0.05, 0.1) is 6.07 Å². The van der Waals surface area contributed by atoms with Crippen LogP contribution in [0.15, 0.2) is 0 Å². The van der Waals surface area contributed by atoms with Crippen molar-refractivity contribution in [2.45, 2.75) is 58.9 Å². The first kappa shape index (κ1) is 14.0. The molecule has 0 saturated carbocycles. The number of carbonyl (C=O) groups excluding carboxylic acids is 1. The van der Waals surface area contributed by atoms with Crippen molar-refractivity contribution in [2.75, 3.05) is 0 Å². The highest BCUT2D eigenvalue weighted by Gasteiger charge is 2.18. The van der Waals surface area contributed by atoms with Gasteiger partial charge in [-0.05, 0) is 19.3 Å². The van der Waals surface area contributed by atoms with Gasteiger partial charge in [-0.15, -0.1) is 0 Å². The van der Waals surface area contributed by atoms with Crippen LogP contribution < -0.4 is 5.32 Å². The minimum absolute atomic E-state index is 0.0975. The molecular weight excluding hydrogens is 188 g/mol. The van der Waals surface area contributed by atoms with E-state index in [1.54, 1.807) is 0 Å². The first-order valence-electron chi connectivity index (χ1n) is 5.89. The van der Waals surface area contributed by atoms with Gasteiger partial charge < -0.3 is 5.32 Å². The standard InChI is InChI=1S/C12H22N2O/c1-4-7-10(9-13)12(15)14-11(6-3)8-5-2/h10-11H,4-8H2,1-3H3,(H,14,15). The molecular formula is C12H22N2O. The Labute approximate surface area is 92.9 Å². The number of nitriles is 1. The summed E-state index contributed by atoms with van der Waals surface area (Å²) in [4.78, 5) is 11.7. The quantitative estimate of drug-likeness (QED) is 0.702. The molecule has 0 heterocycles. The Bertz CT molecular complexity index is 220. The molecule has 3 heteroatoms. The third kappa shape index (κ3) is 5.41. The molecule has 2 unspecified atom stereocenters. The number of carbonyl (C=O) groups is 1. The lowest BCUT2D eigenvalue weighted by atomic mass is 10.0. The molecule has 86 valence electrons. The van der Waals surface area contributed by atoms with E-state index in [9.17, 15) is 4.79 Å². The highest BCUT2D eigenvalue weighted by atomic mass is 16.1. The lowest BCUT2D eigenvalue weighted by Crippen LogP contribution is -2.38. The van der Waals surface area contributed by atoms with Gasteiger partial charge in [0.15, 0.2) is 0 Å². The van der Waals surface area contributed by atoms with Crippen LogP contribution in [0.25, 0.3) is 0 Å². The van der Waals surface area contributed by atoms with Crippen LogP contribution in [0, 0.1) is 17.2 Å². The smallest absolute Gasteiger partial charge is 0.237 e. The van der Waals surface area contributed by atoms with Crippen molar-refractivity contribution in [1.82, 2.24) is 5.32 Å². The monoisotopic (exact) mass is 210 g/mol. The molecule has 0 radical (unpaired) electrons. The average molecular weight is 210 g/mol. The third-order valence-corrected chi connectivity index (χ3v) is 2.53. The highest BCUT2D eigenvalue weighted by molar-refractivity contribution is 5.81. The number of amides is 1. The van der Waals surface area contributed by atoms with Crippen LogP contribution >= 0.6 is 0 Å². The summed E-state index contributed by atoms with van der Waals surface area (Å²) in [7, 11) is 0. The molecule has 0 aliphatic rings. The van der Waals surface area contributed by atoms with E-state index in [1.165, 1.54) is 0 Å². The van der Waals surface area contributed by atoms with Gasteiger partial charge in [0.2, 0.25) is 5.91 Å². The molecule has 0 spiro atoms. The van der Waals surface area contributed by atoms with E-state index in [2.05, 4.69) is 25.2 Å². The Balaban J connectivity index is 4.13. The van der Waals surface area contributed by atoms with E-state index in [1.807, 2.05) is 6.92 Å². The molecule has 0 aromatic carbocycles. The van der Waals surface area contributed by atoms with Gasteiger partial charge in [-0.3, -0.25) is 4.79 Å². The molecule has 0 aromatic heterocycles. The summed E-state index contributed by atoms with van der Waals surface area (Å²) in [5.74, 6) is -0.569. The molecule has 0 rings (SSSR count). The van der Waals surface area contributed by atoms with Crippen molar-refractivity contribution in [3.8, 4) is 6.07 Å². The number of rotatable bonds is 7. The van der Waals surface area contributed by atoms with Crippen molar-refractivity contribution >= 4 is 5.91 Å². The van der Waals surface area contributed by atoms with Gasteiger partial charge >= 0.3 is 0 Å². The zero-order valence-electron chi connectivity index (χ0n) is 10.0. The molecule has 0 aliphatic carbocycles. The lowest BCUT2D eigenvalue weighted by Gasteiger charge is -2.17. The summed E-state index contributed by atoms with van der Waals surface area (Å²) in [6.07, 6.45) is 4.52. The molecule has 2 atom stereocenters. The van der Waals surface area contributed by atoms with Crippen molar-refractivity contribution < 1.29 is 4.79 Å².